The molecule has 3 aromatic rings. The van der Waals surface area contributed by atoms with Gasteiger partial charge in [-0.2, -0.15) is 0 Å². The molecule has 0 unspecified atom stereocenters. The number of nitrogens with zero attached hydrogens (tertiary/aromatic N) is 5. The van der Waals surface area contributed by atoms with Gasteiger partial charge in [-0.25, -0.2) is 19.8 Å². The third-order valence-electron chi connectivity index (χ3n) is 5.46. The minimum absolute atomic E-state index is 0. The first-order chi connectivity index (χ1) is 16.1. The molecule has 34 heavy (non-hydrogen) atoms. The van der Waals surface area contributed by atoms with Crippen molar-refractivity contribution in [3.8, 4) is 0 Å². The standard InChI is InChI=1S/C23H20ClN7O2.ClH/c24-19-12-20(27-14-26-19)29-23(25)31-10-8-30(9-11-31)13-18-22(32)33-21(28-18)17-7-3-5-15-4-1-2-6-16(15)17;/h1-7,12-14H,8-11H2,(H2,25,26,27,29);1H/b18-13+;. The minimum atomic E-state index is -0.463. The lowest BCUT2D eigenvalue weighted by Crippen LogP contribution is -2.48. The number of fused-ring (bicyclic) bond motifs is 1. The minimum Gasteiger partial charge on any atom is -0.402 e. The Morgan fingerprint density at radius 2 is 1.85 bits per heavy atom. The van der Waals surface area contributed by atoms with Crippen LogP contribution in [0.25, 0.3) is 10.8 Å². The molecular formula is C23H21Cl2N7O2. The predicted molar refractivity (Wildman–Crippen MR) is 133 cm³/mol. The van der Waals surface area contributed by atoms with Crippen molar-refractivity contribution >= 4 is 58.4 Å². The highest BCUT2D eigenvalue weighted by Crippen LogP contribution is 2.24. The molecule has 2 aliphatic heterocycles. The second kappa shape index (κ2) is 10.1. The summed E-state index contributed by atoms with van der Waals surface area (Å²) in [5.74, 6) is 0.550. The van der Waals surface area contributed by atoms with Crippen LogP contribution in [-0.2, 0) is 9.53 Å². The number of benzene rings is 2. The van der Waals surface area contributed by atoms with Crippen LogP contribution < -0.4 is 5.32 Å². The molecule has 0 radical (unpaired) electrons. The van der Waals surface area contributed by atoms with Crippen molar-refractivity contribution in [1.82, 2.24) is 19.8 Å². The number of carbonyl (C=O) groups is 1. The van der Waals surface area contributed by atoms with E-state index in [4.69, 9.17) is 21.7 Å². The number of aromatic nitrogens is 2. The Kier molecular flexibility index (Phi) is 6.95. The van der Waals surface area contributed by atoms with E-state index in [1.165, 1.54) is 6.33 Å². The van der Waals surface area contributed by atoms with E-state index in [0.29, 0.717) is 43.0 Å². The van der Waals surface area contributed by atoms with Crippen molar-refractivity contribution in [3.05, 3.63) is 77.5 Å². The average Bonchev–Trinajstić information content (AvgIpc) is 3.19. The van der Waals surface area contributed by atoms with Gasteiger partial charge in [0.2, 0.25) is 5.90 Å². The second-order valence-electron chi connectivity index (χ2n) is 7.57. The largest absolute Gasteiger partial charge is 0.402 e. The summed E-state index contributed by atoms with van der Waals surface area (Å²) >= 11 is 5.87. The first-order valence-corrected chi connectivity index (χ1v) is 10.8. The van der Waals surface area contributed by atoms with Crippen LogP contribution in [0.1, 0.15) is 5.56 Å². The van der Waals surface area contributed by atoms with Crippen molar-refractivity contribution in [3.63, 3.8) is 0 Å². The lowest BCUT2D eigenvalue weighted by atomic mass is 10.0. The zero-order valence-corrected chi connectivity index (χ0v) is 19.5. The summed E-state index contributed by atoms with van der Waals surface area (Å²) in [6.07, 6.45) is 3.08. The van der Waals surface area contributed by atoms with Crippen molar-refractivity contribution in [2.45, 2.75) is 0 Å². The van der Waals surface area contributed by atoms with Gasteiger partial charge in [0, 0.05) is 44.0 Å². The molecule has 2 N–H and O–H groups in total. The Bertz CT molecular complexity index is 1300. The van der Waals surface area contributed by atoms with Crippen LogP contribution in [0, 0.1) is 5.41 Å². The summed E-state index contributed by atoms with van der Waals surface area (Å²) in [6.45, 7) is 2.46. The van der Waals surface area contributed by atoms with Gasteiger partial charge in [-0.1, -0.05) is 48.0 Å². The molecule has 1 saturated heterocycles. The van der Waals surface area contributed by atoms with Gasteiger partial charge in [0.15, 0.2) is 11.7 Å². The van der Waals surface area contributed by atoms with Crippen LogP contribution >= 0.6 is 24.0 Å². The molecule has 174 valence electrons. The van der Waals surface area contributed by atoms with Crippen molar-refractivity contribution in [2.75, 3.05) is 31.5 Å². The smallest absolute Gasteiger partial charge is 0.365 e. The van der Waals surface area contributed by atoms with E-state index in [0.717, 1.165) is 16.3 Å². The van der Waals surface area contributed by atoms with Crippen LogP contribution in [0.2, 0.25) is 5.15 Å². The predicted octanol–water partition coefficient (Wildman–Crippen LogP) is 3.51. The summed E-state index contributed by atoms with van der Waals surface area (Å²) in [5, 5.41) is 13.6. The molecule has 2 aromatic carbocycles. The average molecular weight is 498 g/mol. The first-order valence-electron chi connectivity index (χ1n) is 10.4. The van der Waals surface area contributed by atoms with Crippen molar-refractivity contribution in [2.24, 2.45) is 4.99 Å². The Morgan fingerprint density at radius 3 is 2.65 bits per heavy atom. The zero-order valence-electron chi connectivity index (χ0n) is 17.9. The highest BCUT2D eigenvalue weighted by molar-refractivity contribution is 6.29. The number of ether oxygens (including phenoxy) is 1. The summed E-state index contributed by atoms with van der Waals surface area (Å²) < 4.78 is 5.48. The van der Waals surface area contributed by atoms with E-state index in [9.17, 15) is 4.79 Å². The number of cyclic esters (lactones) is 1. The highest BCUT2D eigenvalue weighted by Gasteiger charge is 2.27. The number of halogens is 2. The van der Waals surface area contributed by atoms with Crippen molar-refractivity contribution < 1.29 is 9.53 Å². The molecule has 0 saturated carbocycles. The Labute approximate surface area is 207 Å². The molecule has 0 aliphatic carbocycles. The highest BCUT2D eigenvalue weighted by atomic mass is 35.5. The summed E-state index contributed by atoms with van der Waals surface area (Å²) in [6, 6.07) is 15.3. The van der Waals surface area contributed by atoms with E-state index >= 15 is 0 Å². The molecule has 5 rings (SSSR count). The molecule has 1 aromatic heterocycles. The maximum Gasteiger partial charge on any atom is 0.365 e. The summed E-state index contributed by atoms with van der Waals surface area (Å²) in [5.41, 5.74) is 1.06. The van der Waals surface area contributed by atoms with E-state index in [1.54, 1.807) is 12.3 Å². The quantitative estimate of drug-likeness (QED) is 0.187. The normalized spacial score (nSPS) is 16.8. The van der Waals surface area contributed by atoms with Crippen LogP contribution in [0.4, 0.5) is 5.82 Å². The maximum atomic E-state index is 12.5. The number of hydrogen-bond donors (Lipinski definition) is 2. The van der Waals surface area contributed by atoms with E-state index < -0.39 is 5.97 Å². The fraction of sp³-hybridized carbons (Fsp3) is 0.174. The number of guanidine groups is 1. The lowest BCUT2D eigenvalue weighted by Gasteiger charge is -2.35. The third kappa shape index (κ3) is 4.95. The zero-order chi connectivity index (χ0) is 22.8. The molecule has 0 amide bonds. The third-order valence-corrected chi connectivity index (χ3v) is 5.66. The second-order valence-corrected chi connectivity index (χ2v) is 7.96. The molecule has 11 heteroatoms. The number of anilines is 1. The van der Waals surface area contributed by atoms with E-state index in [2.05, 4.69) is 20.3 Å². The number of aliphatic imine (C=N–C) groups is 1. The number of carbonyl (C=O) groups excluding carboxylic acids is 1. The lowest BCUT2D eigenvalue weighted by molar-refractivity contribution is -0.130. The van der Waals surface area contributed by atoms with Crippen LogP contribution in [0.5, 0.6) is 0 Å². The molecule has 2 aliphatic rings. The number of rotatable bonds is 3. The van der Waals surface area contributed by atoms with Crippen LogP contribution in [0.3, 0.4) is 0 Å². The number of nitrogens with one attached hydrogen (secondary N) is 2. The van der Waals surface area contributed by atoms with Gasteiger partial charge in [0.05, 0.1) is 0 Å². The van der Waals surface area contributed by atoms with Gasteiger partial charge in [0.25, 0.3) is 0 Å². The molecule has 0 atom stereocenters. The van der Waals surface area contributed by atoms with Gasteiger partial charge in [-0.15, -0.1) is 12.4 Å². The van der Waals surface area contributed by atoms with Gasteiger partial charge in [-0.05, 0) is 16.8 Å². The Balaban J connectivity index is 0.00000274. The van der Waals surface area contributed by atoms with E-state index in [-0.39, 0.29) is 24.1 Å². The van der Waals surface area contributed by atoms with Gasteiger partial charge in [-0.3, -0.25) is 5.41 Å². The number of piperazine rings is 1. The molecule has 0 spiro atoms. The molecule has 0 bridgehead atoms. The van der Waals surface area contributed by atoms with E-state index in [1.807, 2.05) is 52.3 Å². The van der Waals surface area contributed by atoms with Gasteiger partial charge >= 0.3 is 5.97 Å². The SMILES string of the molecule is Cl.N=C(Nc1cc(Cl)ncn1)N1CCN(/C=C2/N=C(c3cccc4ccccc34)OC2=O)CC1. The fourth-order valence-electron chi connectivity index (χ4n) is 3.78. The number of hydrogen-bond acceptors (Lipinski definition) is 7. The summed E-state index contributed by atoms with van der Waals surface area (Å²) in [7, 11) is 0. The van der Waals surface area contributed by atoms with Gasteiger partial charge in [0.1, 0.15) is 17.3 Å². The molecule has 9 nitrogen and oxygen atoms in total. The first kappa shape index (κ1) is 23.5. The molecule has 3 heterocycles. The van der Waals surface area contributed by atoms with Gasteiger partial charge < -0.3 is 19.9 Å². The summed E-state index contributed by atoms with van der Waals surface area (Å²) in [4.78, 5) is 28.7. The molecular weight excluding hydrogens is 477 g/mol. The fourth-order valence-corrected chi connectivity index (χ4v) is 3.92. The Hall–Kier alpha value is -3.69. The van der Waals surface area contributed by atoms with Crippen LogP contribution in [0.15, 0.2) is 71.7 Å². The maximum absolute atomic E-state index is 12.5. The Morgan fingerprint density at radius 1 is 1.09 bits per heavy atom. The monoisotopic (exact) mass is 497 g/mol. The number of esters is 1. The van der Waals surface area contributed by atoms with Crippen molar-refractivity contribution in [1.29, 1.82) is 5.41 Å². The topological polar surface area (TPSA) is 107 Å². The molecule has 1 fully saturated rings. The van der Waals surface area contributed by atoms with Crippen LogP contribution in [-0.4, -0.2) is 63.8 Å².